The topological polar surface area (TPSA) is 60.4 Å². The standard InChI is InChI=1S/C20H41NO5/c1-17(2)7-8-23-9-10-24-11-12-25-13-14-26-18-15-19(3,4)21(22)20(5,6)16-18/h17-18,22H,7-16H2,1-6H3. The van der Waals surface area contributed by atoms with Crippen LogP contribution in [0.4, 0.5) is 0 Å². The van der Waals surface area contributed by atoms with E-state index in [1.54, 1.807) is 0 Å². The van der Waals surface area contributed by atoms with Gasteiger partial charge in [0.2, 0.25) is 0 Å². The normalized spacial score (nSPS) is 20.8. The molecule has 1 heterocycles. The smallest absolute Gasteiger partial charge is 0.0704 e. The van der Waals surface area contributed by atoms with Gasteiger partial charge < -0.3 is 24.2 Å². The molecule has 0 saturated carbocycles. The summed E-state index contributed by atoms with van der Waals surface area (Å²) in [6, 6.07) is 0. The summed E-state index contributed by atoms with van der Waals surface area (Å²) in [5, 5.41) is 11.8. The van der Waals surface area contributed by atoms with Crippen LogP contribution in [0.1, 0.15) is 60.8 Å². The first-order chi connectivity index (χ1) is 12.1. The first kappa shape index (κ1) is 23.8. The lowest BCUT2D eigenvalue weighted by Crippen LogP contribution is -2.60. The number of hydrogen-bond donors (Lipinski definition) is 1. The van der Waals surface area contributed by atoms with E-state index in [0.717, 1.165) is 25.9 Å². The molecular formula is C20H41NO5. The molecule has 1 N–H and O–H groups in total. The third-order valence-corrected chi connectivity index (χ3v) is 4.77. The quantitative estimate of drug-likeness (QED) is 0.497. The Balaban J connectivity index is 1.98. The van der Waals surface area contributed by atoms with Crippen molar-refractivity contribution in [3.63, 3.8) is 0 Å². The number of nitrogens with zero attached hydrogens (tertiary/aromatic N) is 1. The molecule has 0 spiro atoms. The van der Waals surface area contributed by atoms with Gasteiger partial charge in [-0.2, -0.15) is 5.06 Å². The summed E-state index contributed by atoms with van der Waals surface area (Å²) < 4.78 is 22.5. The van der Waals surface area contributed by atoms with Crippen molar-refractivity contribution >= 4 is 0 Å². The minimum absolute atomic E-state index is 0.145. The molecule has 6 nitrogen and oxygen atoms in total. The van der Waals surface area contributed by atoms with Crippen LogP contribution in [0, 0.1) is 5.92 Å². The maximum Gasteiger partial charge on any atom is 0.0704 e. The van der Waals surface area contributed by atoms with Gasteiger partial charge in [0.1, 0.15) is 0 Å². The molecule has 156 valence electrons. The lowest BCUT2D eigenvalue weighted by Gasteiger charge is -2.51. The molecular weight excluding hydrogens is 334 g/mol. The number of ether oxygens (including phenoxy) is 4. The molecule has 1 aliphatic heterocycles. The van der Waals surface area contributed by atoms with Crippen LogP contribution in [0.5, 0.6) is 0 Å². The number of rotatable bonds is 13. The van der Waals surface area contributed by atoms with Crippen LogP contribution in [-0.4, -0.2) is 73.7 Å². The molecule has 0 atom stereocenters. The van der Waals surface area contributed by atoms with E-state index in [-0.39, 0.29) is 17.2 Å². The Morgan fingerprint density at radius 2 is 1.23 bits per heavy atom. The second-order valence-electron chi connectivity index (χ2n) is 8.86. The minimum atomic E-state index is -0.279. The number of piperidine rings is 1. The van der Waals surface area contributed by atoms with Crippen LogP contribution < -0.4 is 0 Å². The molecule has 0 aromatic heterocycles. The first-order valence-electron chi connectivity index (χ1n) is 9.99. The predicted octanol–water partition coefficient (Wildman–Crippen LogP) is 3.51. The summed E-state index contributed by atoms with van der Waals surface area (Å²) >= 11 is 0. The fraction of sp³-hybridized carbons (Fsp3) is 1.00. The van der Waals surface area contributed by atoms with Gasteiger partial charge >= 0.3 is 0 Å². The minimum Gasteiger partial charge on any atom is -0.379 e. The zero-order chi connectivity index (χ0) is 19.6. The molecule has 6 heteroatoms. The van der Waals surface area contributed by atoms with Crippen molar-refractivity contribution < 1.29 is 24.2 Å². The molecule has 0 aliphatic carbocycles. The van der Waals surface area contributed by atoms with Crippen molar-refractivity contribution in [1.82, 2.24) is 5.06 Å². The zero-order valence-corrected chi connectivity index (χ0v) is 17.8. The van der Waals surface area contributed by atoms with Crippen molar-refractivity contribution in [1.29, 1.82) is 0 Å². The second-order valence-corrected chi connectivity index (χ2v) is 8.86. The molecule has 0 radical (unpaired) electrons. The Morgan fingerprint density at radius 1 is 0.808 bits per heavy atom. The number of hydroxylamine groups is 2. The second kappa shape index (κ2) is 11.6. The zero-order valence-electron chi connectivity index (χ0n) is 17.8. The molecule has 26 heavy (non-hydrogen) atoms. The monoisotopic (exact) mass is 375 g/mol. The van der Waals surface area contributed by atoms with E-state index in [1.165, 1.54) is 5.06 Å². The average Bonchev–Trinajstić information content (AvgIpc) is 2.53. The highest BCUT2D eigenvalue weighted by molar-refractivity contribution is 4.96. The van der Waals surface area contributed by atoms with E-state index >= 15 is 0 Å². The SMILES string of the molecule is CC(C)CCOCCOCCOCCOC1CC(C)(C)N(O)C(C)(C)C1. The first-order valence-corrected chi connectivity index (χ1v) is 9.99. The molecule has 1 aliphatic rings. The van der Waals surface area contributed by atoms with Crippen LogP contribution >= 0.6 is 0 Å². The van der Waals surface area contributed by atoms with Gasteiger partial charge in [-0.25, -0.2) is 0 Å². The highest BCUT2D eigenvalue weighted by atomic mass is 16.6. The molecule has 0 unspecified atom stereocenters. The van der Waals surface area contributed by atoms with Gasteiger partial charge in [-0.15, -0.1) is 0 Å². The molecule has 0 bridgehead atoms. The van der Waals surface area contributed by atoms with E-state index in [2.05, 4.69) is 13.8 Å². The van der Waals surface area contributed by atoms with Crippen molar-refractivity contribution in [2.45, 2.75) is 78.0 Å². The highest BCUT2D eigenvalue weighted by Crippen LogP contribution is 2.37. The summed E-state index contributed by atoms with van der Waals surface area (Å²) in [6.45, 7) is 16.9. The average molecular weight is 376 g/mol. The summed E-state index contributed by atoms with van der Waals surface area (Å²) in [7, 11) is 0. The van der Waals surface area contributed by atoms with Crippen molar-refractivity contribution in [3.05, 3.63) is 0 Å². The van der Waals surface area contributed by atoms with Crippen molar-refractivity contribution in [2.75, 3.05) is 46.2 Å². The van der Waals surface area contributed by atoms with Crippen molar-refractivity contribution in [3.8, 4) is 0 Å². The van der Waals surface area contributed by atoms with Gasteiger partial charge in [-0.1, -0.05) is 13.8 Å². The van der Waals surface area contributed by atoms with Gasteiger partial charge in [0.15, 0.2) is 0 Å². The summed E-state index contributed by atoms with van der Waals surface area (Å²) in [5.74, 6) is 0.680. The Labute approximate surface area is 160 Å². The van der Waals surface area contributed by atoms with E-state index in [9.17, 15) is 5.21 Å². The Hall–Kier alpha value is -0.240. The third kappa shape index (κ3) is 9.11. The lowest BCUT2D eigenvalue weighted by atomic mass is 9.80. The Morgan fingerprint density at radius 3 is 1.69 bits per heavy atom. The molecule has 1 rings (SSSR count). The fourth-order valence-corrected chi connectivity index (χ4v) is 3.43. The molecule has 1 saturated heterocycles. The van der Waals surface area contributed by atoms with E-state index in [0.29, 0.717) is 45.6 Å². The largest absolute Gasteiger partial charge is 0.379 e. The summed E-state index contributed by atoms with van der Waals surface area (Å²) in [4.78, 5) is 0. The van der Waals surface area contributed by atoms with E-state index in [1.807, 2.05) is 27.7 Å². The Kier molecular flexibility index (Phi) is 10.6. The van der Waals surface area contributed by atoms with Gasteiger partial charge in [0, 0.05) is 17.7 Å². The van der Waals surface area contributed by atoms with Crippen LogP contribution in [0.3, 0.4) is 0 Å². The predicted molar refractivity (Wildman–Crippen MR) is 103 cm³/mol. The van der Waals surface area contributed by atoms with E-state index < -0.39 is 0 Å². The van der Waals surface area contributed by atoms with E-state index in [4.69, 9.17) is 18.9 Å². The van der Waals surface area contributed by atoms with Crippen molar-refractivity contribution in [2.24, 2.45) is 5.92 Å². The maximum absolute atomic E-state index is 10.3. The van der Waals surface area contributed by atoms with Gasteiger partial charge in [-0.3, -0.25) is 0 Å². The third-order valence-electron chi connectivity index (χ3n) is 4.77. The maximum atomic E-state index is 10.3. The van der Waals surface area contributed by atoms with Gasteiger partial charge in [0.05, 0.1) is 45.7 Å². The Bertz CT molecular complexity index is 355. The lowest BCUT2D eigenvalue weighted by molar-refractivity contribution is -0.261. The van der Waals surface area contributed by atoms with Crippen LogP contribution in [0.25, 0.3) is 0 Å². The van der Waals surface area contributed by atoms with Crippen LogP contribution in [-0.2, 0) is 18.9 Å². The summed E-state index contributed by atoms with van der Waals surface area (Å²) in [5.41, 5.74) is -0.559. The summed E-state index contributed by atoms with van der Waals surface area (Å²) in [6.07, 6.45) is 2.86. The highest BCUT2D eigenvalue weighted by Gasteiger charge is 2.45. The van der Waals surface area contributed by atoms with Crippen LogP contribution in [0.2, 0.25) is 0 Å². The fourth-order valence-electron chi connectivity index (χ4n) is 3.43. The van der Waals surface area contributed by atoms with Gasteiger partial charge in [-0.05, 0) is 52.9 Å². The van der Waals surface area contributed by atoms with Crippen LogP contribution in [0.15, 0.2) is 0 Å². The molecule has 0 amide bonds. The molecule has 0 aromatic rings. The molecule has 0 aromatic carbocycles. The molecule has 1 fully saturated rings. The number of hydrogen-bond acceptors (Lipinski definition) is 6. The van der Waals surface area contributed by atoms with Gasteiger partial charge in [0.25, 0.3) is 0 Å².